The molecule has 0 aliphatic rings. The molecule has 1 aromatic rings. The SMILES string of the molecule is C=CCCOCCNc1ccc(Cl)cc1. The third-order valence-electron chi connectivity index (χ3n) is 1.89. The molecule has 0 atom stereocenters. The zero-order valence-corrected chi connectivity index (χ0v) is 9.46. The van der Waals surface area contributed by atoms with E-state index in [4.69, 9.17) is 16.3 Å². The van der Waals surface area contributed by atoms with Crippen LogP contribution in [0.15, 0.2) is 36.9 Å². The molecule has 1 aromatic carbocycles. The highest BCUT2D eigenvalue weighted by Gasteiger charge is 1.91. The van der Waals surface area contributed by atoms with Gasteiger partial charge in [0.05, 0.1) is 13.2 Å². The van der Waals surface area contributed by atoms with E-state index >= 15 is 0 Å². The lowest BCUT2D eigenvalue weighted by molar-refractivity contribution is 0.149. The van der Waals surface area contributed by atoms with Crippen molar-refractivity contribution in [1.29, 1.82) is 0 Å². The Morgan fingerprint density at radius 3 is 2.67 bits per heavy atom. The molecule has 0 amide bonds. The molecule has 0 aliphatic carbocycles. The average molecular weight is 226 g/mol. The van der Waals surface area contributed by atoms with E-state index in [1.54, 1.807) is 0 Å². The van der Waals surface area contributed by atoms with Crippen molar-refractivity contribution >= 4 is 17.3 Å². The molecule has 1 N–H and O–H groups in total. The van der Waals surface area contributed by atoms with Gasteiger partial charge < -0.3 is 10.1 Å². The second-order valence-corrected chi connectivity index (χ2v) is 3.56. The van der Waals surface area contributed by atoms with E-state index in [1.165, 1.54) is 0 Å². The van der Waals surface area contributed by atoms with Crippen LogP contribution in [0, 0.1) is 0 Å². The molecule has 0 heterocycles. The second-order valence-electron chi connectivity index (χ2n) is 3.12. The highest BCUT2D eigenvalue weighted by molar-refractivity contribution is 6.30. The van der Waals surface area contributed by atoms with Crippen molar-refractivity contribution in [1.82, 2.24) is 0 Å². The summed E-state index contributed by atoms with van der Waals surface area (Å²) < 4.78 is 5.36. The van der Waals surface area contributed by atoms with Crippen molar-refractivity contribution in [3.05, 3.63) is 41.9 Å². The molecule has 15 heavy (non-hydrogen) atoms. The first kappa shape index (κ1) is 12.1. The van der Waals surface area contributed by atoms with Gasteiger partial charge in [-0.15, -0.1) is 6.58 Å². The fourth-order valence-electron chi connectivity index (χ4n) is 1.10. The summed E-state index contributed by atoms with van der Waals surface area (Å²) in [6.45, 7) is 5.88. The smallest absolute Gasteiger partial charge is 0.0639 e. The normalized spacial score (nSPS) is 9.93. The molecule has 1 rings (SSSR count). The summed E-state index contributed by atoms with van der Waals surface area (Å²) in [6, 6.07) is 7.63. The quantitative estimate of drug-likeness (QED) is 0.568. The van der Waals surface area contributed by atoms with Crippen LogP contribution in [0.3, 0.4) is 0 Å². The average Bonchev–Trinajstić information content (AvgIpc) is 2.26. The number of nitrogens with one attached hydrogen (secondary N) is 1. The molecular weight excluding hydrogens is 210 g/mol. The largest absolute Gasteiger partial charge is 0.383 e. The number of benzene rings is 1. The van der Waals surface area contributed by atoms with Gasteiger partial charge in [-0.1, -0.05) is 17.7 Å². The van der Waals surface area contributed by atoms with Gasteiger partial charge in [0, 0.05) is 17.3 Å². The molecular formula is C12H16ClNO. The maximum Gasteiger partial charge on any atom is 0.0639 e. The van der Waals surface area contributed by atoms with E-state index in [9.17, 15) is 0 Å². The van der Waals surface area contributed by atoms with E-state index in [2.05, 4.69) is 11.9 Å². The van der Waals surface area contributed by atoms with Crippen molar-refractivity contribution < 1.29 is 4.74 Å². The summed E-state index contributed by atoms with van der Waals surface area (Å²) in [5.41, 5.74) is 1.06. The minimum atomic E-state index is 0.705. The number of hydrogen-bond acceptors (Lipinski definition) is 2. The van der Waals surface area contributed by atoms with E-state index in [-0.39, 0.29) is 0 Å². The van der Waals surface area contributed by atoms with Gasteiger partial charge in [-0.2, -0.15) is 0 Å². The minimum Gasteiger partial charge on any atom is -0.383 e. The number of ether oxygens (including phenoxy) is 1. The Labute approximate surface area is 95.9 Å². The molecule has 0 fully saturated rings. The summed E-state index contributed by atoms with van der Waals surface area (Å²) >= 11 is 5.77. The van der Waals surface area contributed by atoms with Crippen LogP contribution >= 0.6 is 11.6 Å². The van der Waals surface area contributed by atoms with Gasteiger partial charge in [0.2, 0.25) is 0 Å². The molecule has 82 valence electrons. The summed E-state index contributed by atoms with van der Waals surface area (Å²) in [5, 5.41) is 3.99. The van der Waals surface area contributed by atoms with Gasteiger partial charge in [-0.25, -0.2) is 0 Å². The Morgan fingerprint density at radius 1 is 1.27 bits per heavy atom. The molecule has 2 nitrogen and oxygen atoms in total. The molecule has 0 bridgehead atoms. The van der Waals surface area contributed by atoms with Crippen LogP contribution in [0.4, 0.5) is 5.69 Å². The van der Waals surface area contributed by atoms with Gasteiger partial charge in [-0.05, 0) is 30.7 Å². The first-order valence-electron chi connectivity index (χ1n) is 5.01. The van der Waals surface area contributed by atoms with E-state index in [0.29, 0.717) is 6.61 Å². The third kappa shape index (κ3) is 5.45. The summed E-state index contributed by atoms with van der Waals surface area (Å²) in [5.74, 6) is 0. The van der Waals surface area contributed by atoms with Crippen molar-refractivity contribution in [2.24, 2.45) is 0 Å². The van der Waals surface area contributed by atoms with Crippen LogP contribution in [-0.4, -0.2) is 19.8 Å². The van der Waals surface area contributed by atoms with Crippen molar-refractivity contribution in [2.45, 2.75) is 6.42 Å². The van der Waals surface area contributed by atoms with Gasteiger partial charge in [0.15, 0.2) is 0 Å². The zero-order chi connectivity index (χ0) is 10.9. The summed E-state index contributed by atoms with van der Waals surface area (Å²) in [6.07, 6.45) is 2.76. The third-order valence-corrected chi connectivity index (χ3v) is 2.14. The maximum atomic E-state index is 5.77. The van der Waals surface area contributed by atoms with Gasteiger partial charge in [0.25, 0.3) is 0 Å². The molecule has 0 radical (unpaired) electrons. The highest BCUT2D eigenvalue weighted by atomic mass is 35.5. The number of anilines is 1. The first-order chi connectivity index (χ1) is 7.33. The zero-order valence-electron chi connectivity index (χ0n) is 8.71. The Balaban J connectivity index is 2.09. The van der Waals surface area contributed by atoms with E-state index in [1.807, 2.05) is 30.3 Å². The van der Waals surface area contributed by atoms with Crippen LogP contribution in [0.5, 0.6) is 0 Å². The standard InChI is InChI=1S/C12H16ClNO/c1-2-3-9-15-10-8-14-12-6-4-11(13)5-7-12/h2,4-7,14H,1,3,8-10H2. The first-order valence-corrected chi connectivity index (χ1v) is 5.39. The fourth-order valence-corrected chi connectivity index (χ4v) is 1.23. The Kier molecular flexibility index (Phi) is 5.90. The Morgan fingerprint density at radius 2 is 2.00 bits per heavy atom. The van der Waals surface area contributed by atoms with E-state index in [0.717, 1.165) is 30.3 Å². The number of hydrogen-bond donors (Lipinski definition) is 1. The fraction of sp³-hybridized carbons (Fsp3) is 0.333. The van der Waals surface area contributed by atoms with Crippen LogP contribution in [0.1, 0.15) is 6.42 Å². The Hall–Kier alpha value is -0.990. The summed E-state index contributed by atoms with van der Waals surface area (Å²) in [4.78, 5) is 0. The predicted molar refractivity (Wildman–Crippen MR) is 65.6 cm³/mol. The van der Waals surface area contributed by atoms with Crippen molar-refractivity contribution in [3.8, 4) is 0 Å². The Bertz CT molecular complexity index is 284. The topological polar surface area (TPSA) is 21.3 Å². The van der Waals surface area contributed by atoms with Crippen LogP contribution in [0.25, 0.3) is 0 Å². The monoisotopic (exact) mass is 225 g/mol. The summed E-state index contributed by atoms with van der Waals surface area (Å²) in [7, 11) is 0. The van der Waals surface area contributed by atoms with Crippen LogP contribution < -0.4 is 5.32 Å². The molecule has 0 aromatic heterocycles. The van der Waals surface area contributed by atoms with Gasteiger partial charge >= 0.3 is 0 Å². The molecule has 0 saturated heterocycles. The van der Waals surface area contributed by atoms with Crippen molar-refractivity contribution in [3.63, 3.8) is 0 Å². The minimum absolute atomic E-state index is 0.705. The van der Waals surface area contributed by atoms with Gasteiger partial charge in [-0.3, -0.25) is 0 Å². The van der Waals surface area contributed by atoms with Gasteiger partial charge in [0.1, 0.15) is 0 Å². The molecule has 0 saturated carbocycles. The van der Waals surface area contributed by atoms with Crippen LogP contribution in [-0.2, 0) is 4.74 Å². The van der Waals surface area contributed by atoms with E-state index < -0.39 is 0 Å². The van der Waals surface area contributed by atoms with Crippen molar-refractivity contribution in [2.75, 3.05) is 25.1 Å². The lowest BCUT2D eigenvalue weighted by Gasteiger charge is -2.06. The van der Waals surface area contributed by atoms with Crippen LogP contribution in [0.2, 0.25) is 5.02 Å². The molecule has 3 heteroatoms. The molecule has 0 aliphatic heterocycles. The molecule has 0 unspecified atom stereocenters. The number of rotatable bonds is 7. The number of halogens is 1. The molecule has 0 spiro atoms. The lowest BCUT2D eigenvalue weighted by atomic mass is 10.3. The lowest BCUT2D eigenvalue weighted by Crippen LogP contribution is -2.09. The highest BCUT2D eigenvalue weighted by Crippen LogP contribution is 2.12. The maximum absolute atomic E-state index is 5.77. The predicted octanol–water partition coefficient (Wildman–Crippen LogP) is 3.34. The second kappa shape index (κ2) is 7.32.